The molecule has 0 aromatic rings. The van der Waals surface area contributed by atoms with Crippen LogP contribution in [-0.4, -0.2) is 86.7 Å². The molecule has 0 heterocycles. The summed E-state index contributed by atoms with van der Waals surface area (Å²) in [7, 11) is 0. The monoisotopic (exact) mass is 582 g/mol. The first-order valence-electron chi connectivity index (χ1n) is 11.7. The number of hydrogen-bond donors (Lipinski definition) is 1. The zero-order valence-electron chi connectivity index (χ0n) is 23.6. The van der Waals surface area contributed by atoms with E-state index in [-0.39, 0.29) is 45.2 Å². The lowest BCUT2D eigenvalue weighted by atomic mass is 10.3. The molecule has 0 radical (unpaired) electrons. The van der Waals surface area contributed by atoms with Gasteiger partial charge >= 0.3 is 35.8 Å². The van der Waals surface area contributed by atoms with Gasteiger partial charge < -0.3 is 33.5 Å². The Morgan fingerprint density at radius 1 is 0.537 bits per heavy atom. The maximum Gasteiger partial charge on any atom is 0.333 e. The third kappa shape index (κ3) is 28.1. The molecule has 0 fully saturated rings. The molecular formula is C28H38O13. The van der Waals surface area contributed by atoms with Gasteiger partial charge in [-0.1, -0.05) is 39.5 Å². The van der Waals surface area contributed by atoms with Crippen LogP contribution in [0.5, 0.6) is 0 Å². The van der Waals surface area contributed by atoms with Crippen molar-refractivity contribution in [3.8, 4) is 0 Å². The fourth-order valence-corrected chi connectivity index (χ4v) is 1.50. The van der Waals surface area contributed by atoms with Crippen LogP contribution in [0.4, 0.5) is 0 Å². The molecule has 0 aliphatic heterocycles. The topological polar surface area (TPSA) is 178 Å². The van der Waals surface area contributed by atoms with Gasteiger partial charge in [0.15, 0.2) is 0 Å². The van der Waals surface area contributed by atoms with E-state index >= 15 is 0 Å². The Morgan fingerprint density at radius 3 is 1.12 bits per heavy atom. The van der Waals surface area contributed by atoms with Crippen LogP contribution in [0.15, 0.2) is 74.4 Å². The zero-order valence-corrected chi connectivity index (χ0v) is 23.6. The molecule has 0 aromatic heterocycles. The zero-order chi connectivity index (χ0) is 32.4. The van der Waals surface area contributed by atoms with Crippen molar-refractivity contribution in [3.63, 3.8) is 0 Å². The Bertz CT molecular complexity index is 925. The van der Waals surface area contributed by atoms with Gasteiger partial charge in [-0.05, 0) is 20.8 Å². The molecule has 0 saturated carbocycles. The van der Waals surface area contributed by atoms with Crippen LogP contribution in [-0.2, 0) is 57.2 Å². The quantitative estimate of drug-likeness (QED) is 0.121. The number of aliphatic hydroxyl groups excluding tert-OH is 1. The van der Waals surface area contributed by atoms with E-state index in [9.17, 15) is 33.9 Å². The number of carbonyl (C=O) groups excluding carboxylic acids is 6. The molecule has 1 N–H and O–H groups in total. The molecule has 0 aliphatic rings. The SMILES string of the molecule is C=CC(=O)OCC(O)COC(=O)C(=C)C.C=CC(=O)OCCOC(=O)C(=C)C.C=CC(=O)OCCOC(=O)C(=C)C. The Hall–Kier alpha value is -4.78. The highest BCUT2D eigenvalue weighted by atomic mass is 16.6. The van der Waals surface area contributed by atoms with Gasteiger partial charge in [-0.25, -0.2) is 28.8 Å². The van der Waals surface area contributed by atoms with Crippen molar-refractivity contribution in [2.75, 3.05) is 39.6 Å². The minimum Gasteiger partial charge on any atom is -0.460 e. The van der Waals surface area contributed by atoms with Gasteiger partial charge in [-0.2, -0.15) is 0 Å². The average Bonchev–Trinajstić information content (AvgIpc) is 2.94. The van der Waals surface area contributed by atoms with E-state index in [1.165, 1.54) is 20.8 Å². The van der Waals surface area contributed by atoms with E-state index in [2.05, 4.69) is 67.9 Å². The van der Waals surface area contributed by atoms with Gasteiger partial charge in [0.1, 0.15) is 45.7 Å². The van der Waals surface area contributed by atoms with Crippen LogP contribution < -0.4 is 0 Å². The number of hydrogen-bond acceptors (Lipinski definition) is 13. The molecule has 1 unspecified atom stereocenters. The molecule has 1 atom stereocenters. The summed E-state index contributed by atoms with van der Waals surface area (Å²) in [5, 5.41) is 9.21. The van der Waals surface area contributed by atoms with E-state index < -0.39 is 41.9 Å². The van der Waals surface area contributed by atoms with Crippen molar-refractivity contribution in [3.05, 3.63) is 74.4 Å². The summed E-state index contributed by atoms with van der Waals surface area (Å²) in [6.07, 6.45) is 2.02. The second-order valence-corrected chi connectivity index (χ2v) is 7.44. The highest BCUT2D eigenvalue weighted by Gasteiger charge is 2.11. The molecule has 0 aliphatic carbocycles. The van der Waals surface area contributed by atoms with E-state index in [1.54, 1.807) is 0 Å². The van der Waals surface area contributed by atoms with Gasteiger partial charge in [0.05, 0.1) is 0 Å². The molecule has 228 valence electrons. The van der Waals surface area contributed by atoms with Crippen LogP contribution >= 0.6 is 0 Å². The van der Waals surface area contributed by atoms with E-state index in [4.69, 9.17) is 0 Å². The third-order valence-electron chi connectivity index (χ3n) is 3.49. The van der Waals surface area contributed by atoms with Crippen molar-refractivity contribution >= 4 is 35.8 Å². The predicted octanol–water partition coefficient (Wildman–Crippen LogP) is 1.87. The Morgan fingerprint density at radius 2 is 0.805 bits per heavy atom. The average molecular weight is 583 g/mol. The van der Waals surface area contributed by atoms with Gasteiger partial charge in [0, 0.05) is 34.9 Å². The van der Waals surface area contributed by atoms with Crippen LogP contribution in [0.1, 0.15) is 20.8 Å². The normalized spacial score (nSPS) is 9.66. The Kier molecular flexibility index (Phi) is 25.3. The first-order valence-corrected chi connectivity index (χ1v) is 11.7. The minimum atomic E-state index is -1.04. The molecule has 0 rings (SSSR count). The number of esters is 6. The van der Waals surface area contributed by atoms with Crippen LogP contribution in [0, 0.1) is 0 Å². The summed E-state index contributed by atoms with van der Waals surface area (Å²) in [4.78, 5) is 64.0. The number of ether oxygens (including phenoxy) is 6. The Labute approximate surface area is 239 Å². The molecule has 0 aromatic carbocycles. The highest BCUT2D eigenvalue weighted by Crippen LogP contribution is 1.95. The van der Waals surface area contributed by atoms with Crippen molar-refractivity contribution in [2.24, 2.45) is 0 Å². The maximum atomic E-state index is 10.9. The van der Waals surface area contributed by atoms with Crippen molar-refractivity contribution in [1.82, 2.24) is 0 Å². The van der Waals surface area contributed by atoms with E-state index in [1.807, 2.05) is 0 Å². The molecule has 0 amide bonds. The lowest BCUT2D eigenvalue weighted by Gasteiger charge is -2.10. The van der Waals surface area contributed by atoms with Gasteiger partial charge in [0.2, 0.25) is 0 Å². The standard InChI is InChI=1S/C10H14O5.2C9H12O4/c1-4-9(12)14-5-8(11)6-15-10(13)7(2)3;2*1-4-8(10)12-5-6-13-9(11)7(2)3/h4,8,11H,1-2,5-6H2,3H3;2*4H,1-2,5-6H2,3H3. The van der Waals surface area contributed by atoms with Gasteiger partial charge in [-0.3, -0.25) is 0 Å². The maximum absolute atomic E-state index is 10.9. The summed E-state index contributed by atoms with van der Waals surface area (Å²) in [5.41, 5.74) is 0.871. The van der Waals surface area contributed by atoms with Gasteiger partial charge in [-0.15, -0.1) is 0 Å². The Balaban J connectivity index is -0.000000530. The summed E-state index contributed by atoms with van der Waals surface area (Å²) in [6.45, 7) is 24.0. The molecule has 13 heteroatoms. The number of aliphatic hydroxyl groups is 1. The lowest BCUT2D eigenvalue weighted by molar-refractivity contribution is -0.147. The highest BCUT2D eigenvalue weighted by molar-refractivity contribution is 5.87. The summed E-state index contributed by atoms with van der Waals surface area (Å²) < 4.78 is 27.6. The smallest absolute Gasteiger partial charge is 0.333 e. The van der Waals surface area contributed by atoms with Crippen LogP contribution in [0.25, 0.3) is 0 Å². The summed E-state index contributed by atoms with van der Waals surface area (Å²) in [5.74, 6) is -3.29. The van der Waals surface area contributed by atoms with E-state index in [0.29, 0.717) is 11.1 Å². The van der Waals surface area contributed by atoms with Crippen LogP contribution in [0.3, 0.4) is 0 Å². The van der Waals surface area contributed by atoms with Crippen molar-refractivity contribution in [2.45, 2.75) is 26.9 Å². The lowest BCUT2D eigenvalue weighted by Crippen LogP contribution is -2.25. The molecule has 0 bridgehead atoms. The predicted molar refractivity (Wildman–Crippen MR) is 147 cm³/mol. The summed E-state index contributed by atoms with van der Waals surface area (Å²) >= 11 is 0. The second kappa shape index (κ2) is 25.5. The number of carbonyl (C=O) groups is 6. The van der Waals surface area contributed by atoms with Crippen molar-refractivity contribution in [1.29, 1.82) is 0 Å². The second-order valence-electron chi connectivity index (χ2n) is 7.44. The number of rotatable bonds is 16. The van der Waals surface area contributed by atoms with Crippen molar-refractivity contribution < 1.29 is 62.3 Å². The molecule has 0 saturated heterocycles. The third-order valence-corrected chi connectivity index (χ3v) is 3.49. The molecule has 13 nitrogen and oxygen atoms in total. The molecular weight excluding hydrogens is 544 g/mol. The van der Waals surface area contributed by atoms with E-state index in [0.717, 1.165) is 18.2 Å². The molecule has 0 spiro atoms. The minimum absolute atomic E-state index is 0.0316. The molecule has 41 heavy (non-hydrogen) atoms. The van der Waals surface area contributed by atoms with Gasteiger partial charge in [0.25, 0.3) is 0 Å². The van der Waals surface area contributed by atoms with Crippen LogP contribution in [0.2, 0.25) is 0 Å². The fraction of sp³-hybridized carbons (Fsp3) is 0.357. The first-order chi connectivity index (χ1) is 19.1. The fourth-order valence-electron chi connectivity index (χ4n) is 1.50. The first kappa shape index (κ1) is 40.7. The largest absolute Gasteiger partial charge is 0.460 e. The summed E-state index contributed by atoms with van der Waals surface area (Å²) in [6, 6.07) is 0.